The molecule has 0 N–H and O–H groups in total. The highest BCUT2D eigenvalue weighted by molar-refractivity contribution is 7.10. The summed E-state index contributed by atoms with van der Waals surface area (Å²) in [7, 11) is 1.33. The van der Waals surface area contributed by atoms with Crippen molar-refractivity contribution in [3.8, 4) is 0 Å². The zero-order valence-electron chi connectivity index (χ0n) is 15.7. The molecule has 1 aromatic carbocycles. The normalized spacial score (nSPS) is 21.3. The Hall–Kier alpha value is -2.67. The summed E-state index contributed by atoms with van der Waals surface area (Å²) in [4.78, 5) is 41.9. The van der Waals surface area contributed by atoms with Gasteiger partial charge in [-0.1, -0.05) is 6.07 Å². The molecule has 146 valence electrons. The molecule has 2 unspecified atom stereocenters. The molecule has 1 aliphatic carbocycles. The first-order valence-electron chi connectivity index (χ1n) is 9.38. The third-order valence-electron chi connectivity index (χ3n) is 5.45. The molecule has 0 bridgehead atoms. The number of nitrogens with zero attached hydrogens (tertiary/aromatic N) is 2. The van der Waals surface area contributed by atoms with Crippen LogP contribution in [0.5, 0.6) is 0 Å². The molecule has 6 nitrogen and oxygen atoms in total. The fourth-order valence-electron chi connectivity index (χ4n) is 3.70. The van der Waals surface area contributed by atoms with E-state index < -0.39 is 5.97 Å². The molecule has 1 aliphatic heterocycles. The van der Waals surface area contributed by atoms with Crippen molar-refractivity contribution in [1.82, 2.24) is 9.80 Å². The maximum Gasteiger partial charge on any atom is 0.337 e. The number of thiophene rings is 1. The van der Waals surface area contributed by atoms with Crippen molar-refractivity contribution in [1.29, 1.82) is 0 Å². The fraction of sp³-hybridized carbons (Fsp3) is 0.381. The van der Waals surface area contributed by atoms with E-state index in [9.17, 15) is 14.4 Å². The molecule has 7 heteroatoms. The second-order valence-electron chi connectivity index (χ2n) is 7.15. The Labute approximate surface area is 167 Å². The number of methoxy groups -OCH3 is 1. The number of hydrogen-bond donors (Lipinski definition) is 0. The van der Waals surface area contributed by atoms with Crippen LogP contribution in [0.1, 0.15) is 37.9 Å². The first-order chi connectivity index (χ1) is 13.6. The molecule has 2 aromatic rings. The van der Waals surface area contributed by atoms with Gasteiger partial charge in [-0.05, 0) is 42.1 Å². The van der Waals surface area contributed by atoms with Gasteiger partial charge in [0, 0.05) is 48.5 Å². The second-order valence-corrected chi connectivity index (χ2v) is 8.13. The monoisotopic (exact) mass is 398 g/mol. The van der Waals surface area contributed by atoms with E-state index in [1.54, 1.807) is 40.5 Å². The summed E-state index contributed by atoms with van der Waals surface area (Å²) in [5.41, 5.74) is 0.951. The first kappa shape index (κ1) is 18.7. The van der Waals surface area contributed by atoms with Crippen LogP contribution in [-0.2, 0) is 9.53 Å². The summed E-state index contributed by atoms with van der Waals surface area (Å²) in [5.74, 6) is 0.193. The van der Waals surface area contributed by atoms with Crippen molar-refractivity contribution in [2.24, 2.45) is 5.92 Å². The highest BCUT2D eigenvalue weighted by Gasteiger charge is 2.46. The molecule has 4 rings (SSSR count). The van der Waals surface area contributed by atoms with Crippen molar-refractivity contribution in [2.75, 3.05) is 33.3 Å². The Balaban J connectivity index is 1.31. The maximum absolute atomic E-state index is 12.7. The Bertz CT molecular complexity index is 870. The van der Waals surface area contributed by atoms with Gasteiger partial charge in [-0.15, -0.1) is 11.3 Å². The predicted molar refractivity (Wildman–Crippen MR) is 105 cm³/mol. The fourth-order valence-corrected chi connectivity index (χ4v) is 4.61. The van der Waals surface area contributed by atoms with Gasteiger partial charge in [0.05, 0.1) is 12.7 Å². The molecule has 1 aromatic heterocycles. The molecule has 2 aliphatic rings. The molecular weight excluding hydrogens is 376 g/mol. The van der Waals surface area contributed by atoms with Gasteiger partial charge in [0.2, 0.25) is 5.91 Å². The summed E-state index contributed by atoms with van der Waals surface area (Å²) in [6.07, 6.45) is 0.936. The van der Waals surface area contributed by atoms with E-state index in [2.05, 4.69) is 16.2 Å². The lowest BCUT2D eigenvalue weighted by molar-refractivity contribution is -0.134. The average Bonchev–Trinajstić information content (AvgIpc) is 3.36. The lowest BCUT2D eigenvalue weighted by atomic mass is 10.1. The van der Waals surface area contributed by atoms with Crippen LogP contribution in [0.25, 0.3) is 0 Å². The van der Waals surface area contributed by atoms with Gasteiger partial charge in [0.1, 0.15) is 0 Å². The standard InChI is InChI=1S/C21H22N2O4S/c1-27-21(26)15-6-4-14(5-7-15)19(24)22-8-10-23(11-9-22)20(25)17-13-16(17)18-3-2-12-28-18/h2-7,12,16-17H,8-11,13H2,1H3. The summed E-state index contributed by atoms with van der Waals surface area (Å²) in [6.45, 7) is 2.19. The molecule has 28 heavy (non-hydrogen) atoms. The van der Waals surface area contributed by atoms with Crippen LogP contribution in [0.4, 0.5) is 0 Å². The molecule has 0 radical (unpaired) electrons. The molecule has 1 saturated carbocycles. The molecular formula is C21H22N2O4S. The summed E-state index contributed by atoms with van der Waals surface area (Å²) in [5, 5.41) is 2.05. The van der Waals surface area contributed by atoms with Crippen molar-refractivity contribution in [2.45, 2.75) is 12.3 Å². The lowest BCUT2D eigenvalue weighted by Crippen LogP contribution is -2.51. The van der Waals surface area contributed by atoms with Crippen LogP contribution >= 0.6 is 11.3 Å². The number of carbonyl (C=O) groups is 3. The van der Waals surface area contributed by atoms with Crippen LogP contribution < -0.4 is 0 Å². The summed E-state index contributed by atoms with van der Waals surface area (Å²) >= 11 is 1.71. The minimum atomic E-state index is -0.424. The number of amides is 2. The van der Waals surface area contributed by atoms with Gasteiger partial charge in [-0.3, -0.25) is 9.59 Å². The van der Waals surface area contributed by atoms with Crippen molar-refractivity contribution < 1.29 is 19.1 Å². The molecule has 2 fully saturated rings. The topological polar surface area (TPSA) is 66.9 Å². The second kappa shape index (κ2) is 7.75. The molecule has 0 spiro atoms. The van der Waals surface area contributed by atoms with Gasteiger partial charge in [-0.2, -0.15) is 0 Å². The van der Waals surface area contributed by atoms with Gasteiger partial charge < -0.3 is 14.5 Å². The minimum Gasteiger partial charge on any atom is -0.465 e. The Kier molecular flexibility index (Phi) is 5.17. The van der Waals surface area contributed by atoms with Crippen LogP contribution in [0.15, 0.2) is 41.8 Å². The number of piperazine rings is 1. The highest BCUT2D eigenvalue weighted by atomic mass is 32.1. The average molecular weight is 398 g/mol. The van der Waals surface area contributed by atoms with E-state index in [-0.39, 0.29) is 17.7 Å². The number of ether oxygens (including phenoxy) is 1. The first-order valence-corrected chi connectivity index (χ1v) is 10.3. The van der Waals surface area contributed by atoms with E-state index in [4.69, 9.17) is 0 Å². The molecule has 2 heterocycles. The number of esters is 1. The van der Waals surface area contributed by atoms with E-state index >= 15 is 0 Å². The van der Waals surface area contributed by atoms with Crippen molar-refractivity contribution >= 4 is 29.1 Å². The van der Waals surface area contributed by atoms with Crippen molar-refractivity contribution in [3.05, 3.63) is 57.8 Å². The molecule has 2 atom stereocenters. The van der Waals surface area contributed by atoms with E-state index in [1.807, 2.05) is 11.0 Å². The van der Waals surface area contributed by atoms with Crippen molar-refractivity contribution in [3.63, 3.8) is 0 Å². The lowest BCUT2D eigenvalue weighted by Gasteiger charge is -2.35. The largest absolute Gasteiger partial charge is 0.465 e. The summed E-state index contributed by atoms with van der Waals surface area (Å²) < 4.78 is 4.67. The number of rotatable bonds is 4. The highest BCUT2D eigenvalue weighted by Crippen LogP contribution is 2.50. The van der Waals surface area contributed by atoms with Gasteiger partial charge in [0.25, 0.3) is 5.91 Å². The number of carbonyl (C=O) groups excluding carboxylic acids is 3. The number of hydrogen-bond acceptors (Lipinski definition) is 5. The van der Waals surface area contributed by atoms with Crippen LogP contribution in [0, 0.1) is 5.92 Å². The quantitative estimate of drug-likeness (QED) is 0.743. The molecule has 1 saturated heterocycles. The van der Waals surface area contributed by atoms with Gasteiger partial charge in [-0.25, -0.2) is 4.79 Å². The predicted octanol–water partition coefficient (Wildman–Crippen LogP) is 2.62. The third-order valence-corrected chi connectivity index (χ3v) is 6.45. The SMILES string of the molecule is COC(=O)c1ccc(C(=O)N2CCN(C(=O)C3CC3c3cccs3)CC2)cc1. The summed E-state index contributed by atoms with van der Waals surface area (Å²) in [6, 6.07) is 10.6. The Morgan fingerprint density at radius 1 is 0.964 bits per heavy atom. The minimum absolute atomic E-state index is 0.0774. The molecule has 2 amide bonds. The van der Waals surface area contributed by atoms with Gasteiger partial charge >= 0.3 is 5.97 Å². The van der Waals surface area contributed by atoms with E-state index in [1.165, 1.54) is 12.0 Å². The Morgan fingerprint density at radius 2 is 1.61 bits per heavy atom. The van der Waals surface area contributed by atoms with E-state index in [0.29, 0.717) is 43.2 Å². The van der Waals surface area contributed by atoms with Crippen LogP contribution in [0.3, 0.4) is 0 Å². The van der Waals surface area contributed by atoms with E-state index in [0.717, 1.165) is 6.42 Å². The van der Waals surface area contributed by atoms with Gasteiger partial charge in [0.15, 0.2) is 0 Å². The zero-order chi connectivity index (χ0) is 19.7. The maximum atomic E-state index is 12.7. The Morgan fingerprint density at radius 3 is 2.21 bits per heavy atom. The smallest absolute Gasteiger partial charge is 0.337 e. The van der Waals surface area contributed by atoms with Crippen LogP contribution in [0.2, 0.25) is 0 Å². The zero-order valence-corrected chi connectivity index (χ0v) is 16.5. The number of benzene rings is 1. The van der Waals surface area contributed by atoms with Crippen LogP contribution in [-0.4, -0.2) is 60.9 Å². The third kappa shape index (κ3) is 3.67.